The predicted molar refractivity (Wildman–Crippen MR) is 63.1 cm³/mol. The van der Waals surface area contributed by atoms with Crippen molar-refractivity contribution in [2.24, 2.45) is 0 Å². The van der Waals surface area contributed by atoms with Gasteiger partial charge in [0, 0.05) is 12.7 Å². The van der Waals surface area contributed by atoms with E-state index in [0.29, 0.717) is 19.2 Å². The normalized spacial score (nSPS) is 11.9. The molecule has 0 unspecified atom stereocenters. The van der Waals surface area contributed by atoms with Crippen LogP contribution in [-0.2, 0) is 6.18 Å². The monoisotopic (exact) mass is 263 g/mol. The van der Waals surface area contributed by atoms with Gasteiger partial charge in [0.1, 0.15) is 11.4 Å². The molecule has 5 nitrogen and oxygen atoms in total. The van der Waals surface area contributed by atoms with Crippen LogP contribution in [0.1, 0.15) is 12.0 Å². The molecule has 1 heterocycles. The largest absolute Gasteiger partial charge is 0.421 e. The van der Waals surface area contributed by atoms with E-state index < -0.39 is 11.7 Å². The van der Waals surface area contributed by atoms with E-state index >= 15 is 0 Å². The van der Waals surface area contributed by atoms with Crippen LogP contribution < -0.4 is 11.1 Å². The smallest absolute Gasteiger partial charge is 0.369 e. The van der Waals surface area contributed by atoms with Gasteiger partial charge in [0.15, 0.2) is 0 Å². The van der Waals surface area contributed by atoms with E-state index in [4.69, 9.17) is 5.73 Å². The van der Waals surface area contributed by atoms with Crippen LogP contribution >= 0.6 is 0 Å². The molecule has 0 spiro atoms. The van der Waals surface area contributed by atoms with Crippen molar-refractivity contribution in [2.45, 2.75) is 12.6 Å². The highest BCUT2D eigenvalue weighted by Gasteiger charge is 2.35. The van der Waals surface area contributed by atoms with Gasteiger partial charge < -0.3 is 16.0 Å². The molecule has 0 aliphatic rings. The summed E-state index contributed by atoms with van der Waals surface area (Å²) in [5.74, 6) is -0.452. The zero-order chi connectivity index (χ0) is 13.8. The fraction of sp³-hybridized carbons (Fsp3) is 0.600. The average molecular weight is 263 g/mol. The molecular weight excluding hydrogens is 247 g/mol. The molecular formula is C10H16F3N5. The molecule has 0 aromatic carbocycles. The van der Waals surface area contributed by atoms with Gasteiger partial charge >= 0.3 is 6.18 Å². The number of alkyl halides is 3. The minimum absolute atomic E-state index is 0.182. The molecule has 18 heavy (non-hydrogen) atoms. The molecule has 1 rings (SSSR count). The third-order valence-corrected chi connectivity index (χ3v) is 2.19. The Kier molecular flexibility index (Phi) is 4.71. The number of nitrogens with two attached hydrogens (primary N) is 1. The lowest BCUT2D eigenvalue weighted by molar-refractivity contribution is -0.137. The van der Waals surface area contributed by atoms with Crippen LogP contribution in [0, 0.1) is 0 Å². The Hall–Kier alpha value is -1.57. The molecule has 0 radical (unpaired) electrons. The van der Waals surface area contributed by atoms with Crippen LogP contribution in [0.5, 0.6) is 0 Å². The maximum Gasteiger partial charge on any atom is 0.421 e. The predicted octanol–water partition coefficient (Wildman–Crippen LogP) is 1.44. The third-order valence-electron chi connectivity index (χ3n) is 2.19. The van der Waals surface area contributed by atoms with Crippen molar-refractivity contribution in [1.82, 2.24) is 14.9 Å². The van der Waals surface area contributed by atoms with Gasteiger partial charge in [-0.15, -0.1) is 0 Å². The van der Waals surface area contributed by atoms with Crippen LogP contribution in [0.3, 0.4) is 0 Å². The van der Waals surface area contributed by atoms with Gasteiger partial charge in [0.2, 0.25) is 5.95 Å². The molecule has 0 bridgehead atoms. The van der Waals surface area contributed by atoms with Gasteiger partial charge in [-0.2, -0.15) is 18.2 Å². The van der Waals surface area contributed by atoms with Crippen molar-refractivity contribution in [1.29, 1.82) is 0 Å². The minimum Gasteiger partial charge on any atom is -0.369 e. The number of halogens is 3. The van der Waals surface area contributed by atoms with E-state index in [9.17, 15) is 13.2 Å². The van der Waals surface area contributed by atoms with Gasteiger partial charge in [-0.05, 0) is 27.1 Å². The van der Waals surface area contributed by atoms with Crippen molar-refractivity contribution >= 4 is 11.8 Å². The number of aromatic nitrogens is 2. The number of hydrogen-bond donors (Lipinski definition) is 2. The van der Waals surface area contributed by atoms with E-state index in [0.717, 1.165) is 6.54 Å². The molecule has 1 aromatic rings. The molecule has 0 amide bonds. The summed E-state index contributed by atoms with van der Waals surface area (Å²) in [6.07, 6.45) is -3.09. The second-order valence-electron chi connectivity index (χ2n) is 4.07. The Morgan fingerprint density at radius 3 is 2.61 bits per heavy atom. The fourth-order valence-corrected chi connectivity index (χ4v) is 1.34. The lowest BCUT2D eigenvalue weighted by Crippen LogP contribution is -2.19. The molecule has 8 heteroatoms. The topological polar surface area (TPSA) is 67.1 Å². The highest BCUT2D eigenvalue weighted by Crippen LogP contribution is 2.33. The van der Waals surface area contributed by atoms with E-state index in [1.165, 1.54) is 0 Å². The van der Waals surface area contributed by atoms with Crippen molar-refractivity contribution in [2.75, 3.05) is 38.2 Å². The van der Waals surface area contributed by atoms with E-state index in [2.05, 4.69) is 15.3 Å². The first kappa shape index (κ1) is 14.5. The van der Waals surface area contributed by atoms with Gasteiger partial charge in [0.25, 0.3) is 0 Å². The van der Waals surface area contributed by atoms with Gasteiger partial charge in [-0.25, -0.2) is 4.98 Å². The first-order chi connectivity index (χ1) is 8.30. The molecule has 0 aliphatic heterocycles. The van der Waals surface area contributed by atoms with Crippen molar-refractivity contribution in [3.63, 3.8) is 0 Å². The zero-order valence-electron chi connectivity index (χ0n) is 10.3. The number of anilines is 2. The van der Waals surface area contributed by atoms with Crippen LogP contribution in [0.2, 0.25) is 0 Å². The first-order valence-corrected chi connectivity index (χ1v) is 5.39. The van der Waals surface area contributed by atoms with Crippen LogP contribution in [0.25, 0.3) is 0 Å². The molecule has 102 valence electrons. The molecule has 1 aromatic heterocycles. The number of rotatable bonds is 5. The second kappa shape index (κ2) is 5.85. The molecule has 3 N–H and O–H groups in total. The summed E-state index contributed by atoms with van der Waals surface area (Å²) in [5.41, 5.74) is 4.38. The van der Waals surface area contributed by atoms with Gasteiger partial charge in [-0.1, -0.05) is 0 Å². The summed E-state index contributed by atoms with van der Waals surface area (Å²) in [7, 11) is 3.79. The summed E-state index contributed by atoms with van der Waals surface area (Å²) >= 11 is 0. The van der Waals surface area contributed by atoms with Crippen molar-refractivity contribution < 1.29 is 13.2 Å². The Morgan fingerprint density at radius 1 is 1.39 bits per heavy atom. The second-order valence-corrected chi connectivity index (χ2v) is 4.07. The number of nitrogen functional groups attached to an aromatic ring is 1. The summed E-state index contributed by atoms with van der Waals surface area (Å²) in [6.45, 7) is 1.16. The zero-order valence-corrected chi connectivity index (χ0v) is 10.3. The van der Waals surface area contributed by atoms with Crippen LogP contribution in [-0.4, -0.2) is 42.1 Å². The molecule has 0 atom stereocenters. The summed E-state index contributed by atoms with van der Waals surface area (Å²) < 4.78 is 37.9. The summed E-state index contributed by atoms with van der Waals surface area (Å²) in [6, 6.07) is 0. The number of hydrogen-bond acceptors (Lipinski definition) is 5. The van der Waals surface area contributed by atoms with Crippen molar-refractivity contribution in [3.05, 3.63) is 11.8 Å². The van der Waals surface area contributed by atoms with Crippen LogP contribution in [0.4, 0.5) is 24.9 Å². The van der Waals surface area contributed by atoms with Gasteiger partial charge in [0.05, 0.1) is 0 Å². The maximum atomic E-state index is 12.6. The Balaban J connectivity index is 2.71. The Bertz CT molecular complexity index is 392. The van der Waals surface area contributed by atoms with E-state index in [-0.39, 0.29) is 11.8 Å². The van der Waals surface area contributed by atoms with E-state index in [1.807, 2.05) is 19.0 Å². The number of nitrogens with zero attached hydrogens (tertiary/aromatic N) is 3. The fourth-order valence-electron chi connectivity index (χ4n) is 1.34. The van der Waals surface area contributed by atoms with E-state index in [1.54, 1.807) is 0 Å². The summed E-state index contributed by atoms with van der Waals surface area (Å²) in [4.78, 5) is 8.88. The summed E-state index contributed by atoms with van der Waals surface area (Å²) in [5, 5.41) is 2.64. The third kappa shape index (κ3) is 4.36. The SMILES string of the molecule is CN(C)CCCNc1nc(N)ncc1C(F)(F)F. The Labute approximate surface area is 103 Å². The molecule has 0 saturated carbocycles. The van der Waals surface area contributed by atoms with Gasteiger partial charge in [-0.3, -0.25) is 0 Å². The maximum absolute atomic E-state index is 12.6. The lowest BCUT2D eigenvalue weighted by Gasteiger charge is -2.14. The average Bonchev–Trinajstić information content (AvgIpc) is 2.22. The number of nitrogens with one attached hydrogen (secondary N) is 1. The standard InChI is InChI=1S/C10H16F3N5/c1-18(2)5-3-4-15-8-7(10(11,12)13)6-16-9(14)17-8/h6H,3-5H2,1-2H3,(H3,14,15,16,17). The van der Waals surface area contributed by atoms with Crippen LogP contribution in [0.15, 0.2) is 6.20 Å². The highest BCUT2D eigenvalue weighted by atomic mass is 19.4. The minimum atomic E-state index is -4.49. The molecule has 0 aliphatic carbocycles. The Morgan fingerprint density at radius 2 is 2.06 bits per heavy atom. The molecule has 0 saturated heterocycles. The van der Waals surface area contributed by atoms with Crippen molar-refractivity contribution in [3.8, 4) is 0 Å². The first-order valence-electron chi connectivity index (χ1n) is 5.39. The lowest BCUT2D eigenvalue weighted by atomic mass is 10.3. The quantitative estimate of drug-likeness (QED) is 0.787. The highest BCUT2D eigenvalue weighted by molar-refractivity contribution is 5.47. The molecule has 0 fully saturated rings.